The Labute approximate surface area is 202 Å². The molecule has 1 aliphatic rings. The molecule has 0 radical (unpaired) electrons. The Morgan fingerprint density at radius 3 is 2.45 bits per heavy atom. The summed E-state index contributed by atoms with van der Waals surface area (Å²) in [6.45, 7) is 17.8. The highest BCUT2D eigenvalue weighted by Gasteiger charge is 2.56. The van der Waals surface area contributed by atoms with Crippen molar-refractivity contribution in [2.75, 3.05) is 6.61 Å². The van der Waals surface area contributed by atoms with E-state index in [0.717, 1.165) is 5.69 Å². The van der Waals surface area contributed by atoms with Crippen LogP contribution in [0.1, 0.15) is 50.3 Å². The van der Waals surface area contributed by atoms with E-state index >= 15 is 0 Å². The normalized spacial score (nSPS) is 20.8. The molecule has 0 bridgehead atoms. The van der Waals surface area contributed by atoms with Gasteiger partial charge in [-0.1, -0.05) is 45.0 Å². The molecule has 10 heteroatoms. The number of amides is 1. The van der Waals surface area contributed by atoms with Crippen molar-refractivity contribution in [2.45, 2.75) is 76.8 Å². The Balaban J connectivity index is 2.30. The molecule has 2 heterocycles. The van der Waals surface area contributed by atoms with Crippen molar-refractivity contribution in [3.8, 4) is 0 Å². The van der Waals surface area contributed by atoms with Gasteiger partial charge in [-0.3, -0.25) is 14.3 Å². The number of hydrogen-bond acceptors (Lipinski definition) is 6. The van der Waals surface area contributed by atoms with Gasteiger partial charge in [-0.15, -0.1) is 0 Å². The number of halogens is 1. The lowest BCUT2D eigenvalue weighted by Crippen LogP contribution is -2.69. The predicted octanol–water partition coefficient (Wildman–Crippen LogP) is 3.83. The number of rotatable bonds is 10. The van der Waals surface area contributed by atoms with E-state index in [-0.39, 0.29) is 29.8 Å². The zero-order chi connectivity index (χ0) is 25.3. The molecule has 2 rings (SSSR count). The number of carbonyl (C=O) groups is 3. The number of likely N-dealkylation sites (tertiary alicyclic amines) is 1. The van der Waals surface area contributed by atoms with Crippen molar-refractivity contribution < 1.29 is 23.5 Å². The van der Waals surface area contributed by atoms with E-state index in [2.05, 4.69) is 45.5 Å². The molecule has 0 saturated carbocycles. The molecule has 1 unspecified atom stereocenters. The largest absolute Gasteiger partial charge is 0.459 e. The van der Waals surface area contributed by atoms with Crippen LogP contribution in [0.4, 0.5) is 0 Å². The Bertz CT molecular complexity index is 904. The summed E-state index contributed by atoms with van der Waals surface area (Å²) in [4.78, 5) is 39.8. The van der Waals surface area contributed by atoms with Crippen LogP contribution in [0.5, 0.6) is 0 Å². The summed E-state index contributed by atoms with van der Waals surface area (Å²) in [5.74, 6) is -1.91. The molecule has 33 heavy (non-hydrogen) atoms. The van der Waals surface area contributed by atoms with Gasteiger partial charge in [-0.05, 0) is 38.0 Å². The van der Waals surface area contributed by atoms with Gasteiger partial charge in [-0.25, -0.2) is 4.79 Å². The van der Waals surface area contributed by atoms with Gasteiger partial charge in [0.25, 0.3) is 0 Å². The van der Waals surface area contributed by atoms with E-state index in [1.54, 1.807) is 17.8 Å². The number of ether oxygens (including phenoxy) is 1. The molecule has 0 aromatic carbocycles. The maximum Gasteiger partial charge on any atom is 0.344 e. The summed E-state index contributed by atoms with van der Waals surface area (Å²) < 4.78 is 13.1. The fourth-order valence-corrected chi connectivity index (χ4v) is 5.37. The molecule has 0 aliphatic carbocycles. The number of esters is 1. The fourth-order valence-electron chi connectivity index (χ4n) is 3.64. The van der Waals surface area contributed by atoms with Gasteiger partial charge in [0.1, 0.15) is 12.3 Å². The number of ketones is 1. The number of β-lactam (4-membered cyclic amide) rings is 1. The van der Waals surface area contributed by atoms with Crippen molar-refractivity contribution in [1.82, 2.24) is 14.7 Å². The molecule has 1 fully saturated rings. The summed E-state index contributed by atoms with van der Waals surface area (Å²) >= 11 is 6.33. The molecule has 1 aromatic rings. The van der Waals surface area contributed by atoms with Crippen molar-refractivity contribution in [3.05, 3.63) is 30.1 Å². The van der Waals surface area contributed by atoms with Gasteiger partial charge in [0.05, 0.1) is 18.1 Å². The first kappa shape index (κ1) is 27.3. The van der Waals surface area contributed by atoms with Gasteiger partial charge in [0.2, 0.25) is 11.4 Å². The molecule has 0 spiro atoms. The minimum absolute atomic E-state index is 0.0178. The van der Waals surface area contributed by atoms with Gasteiger partial charge in [0, 0.05) is 19.2 Å². The highest BCUT2D eigenvalue weighted by molar-refractivity contribution is 6.74. The lowest BCUT2D eigenvalue weighted by molar-refractivity contribution is -0.172. The molecule has 8 nitrogen and oxygen atoms in total. The number of Topliss-reactive ketones (excluding diaryl/α,β-unsaturated/α-hetero) is 1. The van der Waals surface area contributed by atoms with E-state index in [1.165, 1.54) is 11.0 Å². The number of alkyl halides is 1. The van der Waals surface area contributed by atoms with Gasteiger partial charge in [0.15, 0.2) is 14.1 Å². The molecule has 4 atom stereocenters. The maximum absolute atomic E-state index is 13.2. The van der Waals surface area contributed by atoms with E-state index in [9.17, 15) is 14.4 Å². The standard InChI is InChI=1S/C23H36ClN3O5Si/c1-10-11-31-22(30)20(24)27-17(13-18(28)16-12-14(2)26(7)25-16)19(21(27)29)15(3)32-33(8,9)23(4,5)6/h10,12,15,17,19-20H,1,11,13H2,2-9H3/t15-,17-,19-,20?/m1/s1. The van der Waals surface area contributed by atoms with Crippen molar-refractivity contribution in [2.24, 2.45) is 13.0 Å². The van der Waals surface area contributed by atoms with Crippen LogP contribution < -0.4 is 0 Å². The molecule has 1 aliphatic heterocycles. The zero-order valence-electron chi connectivity index (χ0n) is 20.8. The van der Waals surface area contributed by atoms with Gasteiger partial charge >= 0.3 is 5.97 Å². The average molecular weight is 498 g/mol. The predicted molar refractivity (Wildman–Crippen MR) is 130 cm³/mol. The quantitative estimate of drug-likeness (QED) is 0.0927. The Kier molecular flexibility index (Phi) is 8.35. The van der Waals surface area contributed by atoms with Crippen molar-refractivity contribution in [1.29, 1.82) is 0 Å². The molecular formula is C23H36ClN3O5Si. The second-order valence-corrected chi connectivity index (χ2v) is 15.3. The number of carbonyl (C=O) groups excluding carboxylic acids is 3. The van der Waals surface area contributed by atoms with Crippen LogP contribution in [0, 0.1) is 12.8 Å². The van der Waals surface area contributed by atoms with Crippen molar-refractivity contribution in [3.63, 3.8) is 0 Å². The van der Waals surface area contributed by atoms with E-state index < -0.39 is 37.9 Å². The smallest absolute Gasteiger partial charge is 0.344 e. The van der Waals surface area contributed by atoms with Crippen LogP contribution in [0.15, 0.2) is 18.7 Å². The van der Waals surface area contributed by atoms with E-state index in [0.29, 0.717) is 5.69 Å². The second kappa shape index (κ2) is 10.1. The number of hydrogen-bond donors (Lipinski definition) is 0. The molecular weight excluding hydrogens is 462 g/mol. The molecule has 1 amide bonds. The summed E-state index contributed by atoms with van der Waals surface area (Å²) in [7, 11) is -0.418. The summed E-state index contributed by atoms with van der Waals surface area (Å²) in [6.07, 6.45) is 0.962. The Morgan fingerprint density at radius 2 is 1.97 bits per heavy atom. The molecule has 1 aromatic heterocycles. The lowest BCUT2D eigenvalue weighted by atomic mass is 9.80. The molecule has 0 N–H and O–H groups in total. The second-order valence-electron chi connectivity index (χ2n) is 10.1. The minimum Gasteiger partial charge on any atom is -0.459 e. The first-order valence-electron chi connectivity index (χ1n) is 11.1. The summed E-state index contributed by atoms with van der Waals surface area (Å²) in [6, 6.07) is 1.10. The molecule has 184 valence electrons. The maximum atomic E-state index is 13.2. The third kappa shape index (κ3) is 5.75. The summed E-state index contributed by atoms with van der Waals surface area (Å²) in [5.41, 5.74) is -0.183. The first-order chi connectivity index (χ1) is 15.1. The van der Waals surface area contributed by atoms with Crippen LogP contribution in [-0.4, -0.2) is 64.9 Å². The van der Waals surface area contributed by atoms with Crippen molar-refractivity contribution >= 4 is 37.6 Å². The Hall–Kier alpha value is -1.97. The topological polar surface area (TPSA) is 90.7 Å². The highest BCUT2D eigenvalue weighted by atomic mass is 35.5. The average Bonchev–Trinajstić information content (AvgIpc) is 3.02. The van der Waals surface area contributed by atoms with E-state index in [4.69, 9.17) is 20.8 Å². The minimum atomic E-state index is -2.18. The third-order valence-corrected chi connectivity index (χ3v) is 11.6. The van der Waals surface area contributed by atoms with E-state index in [1.807, 2.05) is 13.8 Å². The van der Waals surface area contributed by atoms with Gasteiger partial charge < -0.3 is 14.1 Å². The van der Waals surface area contributed by atoms with Crippen LogP contribution in [0.3, 0.4) is 0 Å². The molecule has 1 saturated heterocycles. The lowest BCUT2D eigenvalue weighted by Gasteiger charge is -2.52. The number of aryl methyl sites for hydroxylation is 2. The SMILES string of the molecule is C=CCOC(=O)C(Cl)N1C(=O)[C@H]([C@@H](C)O[Si](C)(C)C(C)(C)C)[C@H]1CC(=O)c1cc(C)n(C)n1. The van der Waals surface area contributed by atoms with Crippen LogP contribution in [0.25, 0.3) is 0 Å². The van der Waals surface area contributed by atoms with Crippen LogP contribution in [-0.2, 0) is 25.8 Å². The number of nitrogens with zero attached hydrogens (tertiary/aromatic N) is 3. The fraction of sp³-hybridized carbons (Fsp3) is 0.652. The van der Waals surface area contributed by atoms with Gasteiger partial charge in [-0.2, -0.15) is 5.10 Å². The number of aromatic nitrogens is 2. The Morgan fingerprint density at radius 1 is 1.36 bits per heavy atom. The third-order valence-electron chi connectivity index (χ3n) is 6.68. The zero-order valence-corrected chi connectivity index (χ0v) is 22.6. The van der Waals surface area contributed by atoms with Crippen LogP contribution in [0.2, 0.25) is 18.1 Å². The highest BCUT2D eigenvalue weighted by Crippen LogP contribution is 2.42. The monoisotopic (exact) mass is 497 g/mol. The van der Waals surface area contributed by atoms with Crippen LogP contribution >= 0.6 is 11.6 Å². The first-order valence-corrected chi connectivity index (χ1v) is 14.4. The summed E-state index contributed by atoms with van der Waals surface area (Å²) in [5, 5.41) is 4.20.